The maximum absolute atomic E-state index is 11.5. The van der Waals surface area contributed by atoms with Gasteiger partial charge in [-0.05, 0) is 11.6 Å². The van der Waals surface area contributed by atoms with Crippen molar-refractivity contribution in [2.45, 2.75) is 0 Å². The predicted molar refractivity (Wildman–Crippen MR) is 82.3 cm³/mol. The van der Waals surface area contributed by atoms with E-state index in [1.54, 1.807) is 12.1 Å². The Labute approximate surface area is 129 Å². The monoisotopic (exact) mass is 302 g/mol. The lowest BCUT2D eigenvalue weighted by molar-refractivity contribution is 0.0462. The number of carbonyl (C=O) groups excluding carboxylic acids is 1. The summed E-state index contributed by atoms with van der Waals surface area (Å²) >= 11 is 0. The minimum absolute atomic E-state index is 0.0753. The Kier molecular flexibility index (Phi) is 5.94. The normalized spacial score (nSPS) is 10.3. The fourth-order valence-electron chi connectivity index (χ4n) is 2.06. The zero-order valence-corrected chi connectivity index (χ0v) is 12.6. The number of rotatable bonds is 8. The number of hydrogen-bond donors (Lipinski definition) is 0. The molecule has 0 saturated heterocycles. The summed E-state index contributed by atoms with van der Waals surface area (Å²) in [6.07, 6.45) is 0.779. The molecule has 0 bridgehead atoms. The summed E-state index contributed by atoms with van der Waals surface area (Å²) in [5, 5.41) is 0. The molecular formula is C17H18O5. The first kappa shape index (κ1) is 16.0. The van der Waals surface area contributed by atoms with Crippen molar-refractivity contribution >= 4 is 6.29 Å². The van der Waals surface area contributed by atoms with Crippen molar-refractivity contribution in [3.05, 3.63) is 48.0 Å². The van der Waals surface area contributed by atoms with Crippen molar-refractivity contribution in [2.75, 3.05) is 27.8 Å². The molecule has 0 spiro atoms. The van der Waals surface area contributed by atoms with E-state index in [4.69, 9.17) is 18.9 Å². The Morgan fingerprint density at radius 2 is 1.64 bits per heavy atom. The number of hydrogen-bond acceptors (Lipinski definition) is 5. The molecule has 116 valence electrons. The Bertz CT molecular complexity index is 610. The van der Waals surface area contributed by atoms with Crippen molar-refractivity contribution in [2.24, 2.45) is 0 Å². The lowest BCUT2D eigenvalue weighted by atomic mass is 9.99. The van der Waals surface area contributed by atoms with Gasteiger partial charge in [0.05, 0.1) is 0 Å². The van der Waals surface area contributed by atoms with Crippen molar-refractivity contribution in [1.29, 1.82) is 0 Å². The minimum Gasteiger partial charge on any atom is -0.467 e. The molecule has 0 atom stereocenters. The van der Waals surface area contributed by atoms with E-state index >= 15 is 0 Å². The largest absolute Gasteiger partial charge is 0.467 e. The van der Waals surface area contributed by atoms with E-state index in [0.29, 0.717) is 22.6 Å². The Balaban J connectivity index is 2.50. The summed E-state index contributed by atoms with van der Waals surface area (Å²) in [6.45, 7) is 0.165. The molecule has 2 rings (SSSR count). The number of carbonyl (C=O) groups is 1. The molecule has 5 heteroatoms. The van der Waals surface area contributed by atoms with Crippen LogP contribution in [0, 0.1) is 0 Å². The van der Waals surface area contributed by atoms with Gasteiger partial charge in [0.2, 0.25) is 0 Å². The quantitative estimate of drug-likeness (QED) is 0.554. The third-order valence-corrected chi connectivity index (χ3v) is 2.97. The van der Waals surface area contributed by atoms with Gasteiger partial charge in [0.25, 0.3) is 0 Å². The average molecular weight is 302 g/mol. The van der Waals surface area contributed by atoms with Crippen LogP contribution in [0.3, 0.4) is 0 Å². The minimum atomic E-state index is 0.0753. The van der Waals surface area contributed by atoms with Crippen LogP contribution in [0.1, 0.15) is 10.4 Å². The van der Waals surface area contributed by atoms with E-state index in [9.17, 15) is 4.79 Å². The number of aldehydes is 1. The molecule has 0 saturated carbocycles. The Morgan fingerprint density at radius 3 is 2.27 bits per heavy atom. The zero-order valence-electron chi connectivity index (χ0n) is 12.6. The van der Waals surface area contributed by atoms with Crippen LogP contribution in [0.5, 0.6) is 11.5 Å². The second-order valence-electron chi connectivity index (χ2n) is 4.47. The lowest BCUT2D eigenvalue weighted by Crippen LogP contribution is -2.04. The molecule has 22 heavy (non-hydrogen) atoms. The van der Waals surface area contributed by atoms with Gasteiger partial charge < -0.3 is 18.9 Å². The molecule has 0 aliphatic rings. The van der Waals surface area contributed by atoms with Crippen LogP contribution in [-0.4, -0.2) is 34.1 Å². The molecule has 0 amide bonds. The highest BCUT2D eigenvalue weighted by atomic mass is 16.7. The van der Waals surface area contributed by atoms with E-state index in [-0.39, 0.29) is 13.6 Å². The van der Waals surface area contributed by atoms with Gasteiger partial charge in [0.15, 0.2) is 19.9 Å². The molecule has 0 aliphatic carbocycles. The molecule has 0 aromatic heterocycles. The molecule has 0 fully saturated rings. The van der Waals surface area contributed by atoms with E-state index in [1.165, 1.54) is 14.2 Å². The molecule has 2 aromatic rings. The first-order valence-corrected chi connectivity index (χ1v) is 6.72. The first-order chi connectivity index (χ1) is 10.8. The van der Waals surface area contributed by atoms with Crippen LogP contribution in [0.4, 0.5) is 0 Å². The molecule has 0 heterocycles. The number of ether oxygens (including phenoxy) is 4. The maximum atomic E-state index is 11.5. The Hall–Kier alpha value is -2.37. The third-order valence-electron chi connectivity index (χ3n) is 2.97. The van der Waals surface area contributed by atoms with Gasteiger partial charge in [0.1, 0.15) is 11.5 Å². The Morgan fingerprint density at radius 1 is 0.955 bits per heavy atom. The predicted octanol–water partition coefficient (Wildman–Crippen LogP) is 3.13. The highest BCUT2D eigenvalue weighted by Gasteiger charge is 2.15. The number of methoxy groups -OCH3 is 2. The molecule has 2 aromatic carbocycles. The van der Waals surface area contributed by atoms with Crippen molar-refractivity contribution < 1.29 is 23.7 Å². The maximum Gasteiger partial charge on any atom is 0.188 e. The second-order valence-corrected chi connectivity index (χ2v) is 4.47. The fraction of sp³-hybridized carbons (Fsp3) is 0.235. The van der Waals surface area contributed by atoms with Crippen molar-refractivity contribution in [3.63, 3.8) is 0 Å². The summed E-state index contributed by atoms with van der Waals surface area (Å²) in [4.78, 5) is 11.5. The van der Waals surface area contributed by atoms with Gasteiger partial charge in [-0.2, -0.15) is 0 Å². The van der Waals surface area contributed by atoms with Crippen LogP contribution in [0.15, 0.2) is 42.5 Å². The van der Waals surface area contributed by atoms with Crippen LogP contribution in [0.25, 0.3) is 11.1 Å². The van der Waals surface area contributed by atoms with Gasteiger partial charge in [-0.1, -0.05) is 30.3 Å². The molecule has 0 aliphatic heterocycles. The van der Waals surface area contributed by atoms with Crippen LogP contribution in [0.2, 0.25) is 0 Å². The van der Waals surface area contributed by atoms with E-state index in [0.717, 1.165) is 11.8 Å². The highest BCUT2D eigenvalue weighted by molar-refractivity contribution is 5.91. The first-order valence-electron chi connectivity index (χ1n) is 6.72. The van der Waals surface area contributed by atoms with E-state index in [2.05, 4.69) is 0 Å². The van der Waals surface area contributed by atoms with Crippen molar-refractivity contribution in [1.82, 2.24) is 0 Å². The number of benzene rings is 2. The van der Waals surface area contributed by atoms with Crippen molar-refractivity contribution in [3.8, 4) is 22.6 Å². The molecule has 0 unspecified atom stereocenters. The van der Waals surface area contributed by atoms with E-state index < -0.39 is 0 Å². The summed E-state index contributed by atoms with van der Waals surface area (Å²) in [7, 11) is 3.06. The molecular weight excluding hydrogens is 284 g/mol. The van der Waals surface area contributed by atoms with Crippen LogP contribution < -0.4 is 9.47 Å². The second kappa shape index (κ2) is 8.17. The van der Waals surface area contributed by atoms with Gasteiger partial charge in [0, 0.05) is 31.4 Å². The topological polar surface area (TPSA) is 54.0 Å². The molecule has 0 N–H and O–H groups in total. The molecule has 5 nitrogen and oxygen atoms in total. The average Bonchev–Trinajstić information content (AvgIpc) is 2.58. The van der Waals surface area contributed by atoms with Gasteiger partial charge in [-0.25, -0.2) is 0 Å². The van der Waals surface area contributed by atoms with Gasteiger partial charge in [-0.3, -0.25) is 4.79 Å². The molecule has 0 radical (unpaired) electrons. The zero-order chi connectivity index (χ0) is 15.8. The summed E-state index contributed by atoms with van der Waals surface area (Å²) in [6, 6.07) is 12.9. The summed E-state index contributed by atoms with van der Waals surface area (Å²) in [5.74, 6) is 1.01. The van der Waals surface area contributed by atoms with Crippen LogP contribution >= 0.6 is 0 Å². The van der Waals surface area contributed by atoms with Crippen LogP contribution in [-0.2, 0) is 9.47 Å². The standard InChI is InChI=1S/C17H18O5/c1-19-11-21-15-8-14(10-18)17(13-6-4-3-5-7-13)16(9-15)22-12-20-2/h3-10H,11-12H2,1-2H3. The lowest BCUT2D eigenvalue weighted by Gasteiger charge is -2.15. The summed E-state index contributed by atoms with van der Waals surface area (Å²) < 4.78 is 20.8. The fourth-order valence-corrected chi connectivity index (χ4v) is 2.06. The van der Waals surface area contributed by atoms with Gasteiger partial charge in [-0.15, -0.1) is 0 Å². The van der Waals surface area contributed by atoms with Gasteiger partial charge >= 0.3 is 0 Å². The highest BCUT2D eigenvalue weighted by Crippen LogP contribution is 2.36. The third kappa shape index (κ3) is 3.84. The smallest absolute Gasteiger partial charge is 0.188 e. The SMILES string of the molecule is COCOc1cc(C=O)c(-c2ccccc2)c(OCOC)c1. The summed E-state index contributed by atoms with van der Waals surface area (Å²) in [5.41, 5.74) is 2.07. The van der Waals surface area contributed by atoms with E-state index in [1.807, 2.05) is 30.3 Å².